The zero-order valence-corrected chi connectivity index (χ0v) is 10.8. The fourth-order valence-corrected chi connectivity index (χ4v) is 3.08. The van der Waals surface area contributed by atoms with Crippen molar-refractivity contribution in [1.82, 2.24) is 5.32 Å². The quantitative estimate of drug-likeness (QED) is 0.679. The third-order valence-corrected chi connectivity index (χ3v) is 4.41. The van der Waals surface area contributed by atoms with Gasteiger partial charge in [0.25, 0.3) is 0 Å². The topological polar surface area (TPSA) is 98.2 Å². The van der Waals surface area contributed by atoms with Crippen LogP contribution < -0.4 is 16.8 Å². The fraction of sp³-hybridized carbons (Fsp3) is 0.846. The molecule has 0 aromatic carbocycles. The highest BCUT2D eigenvalue weighted by molar-refractivity contribution is 5.86. The lowest BCUT2D eigenvalue weighted by atomic mass is 9.85. The summed E-state index contributed by atoms with van der Waals surface area (Å²) >= 11 is 0. The summed E-state index contributed by atoms with van der Waals surface area (Å²) in [5.74, 6) is -0.246. The minimum Gasteiger partial charge on any atom is -0.369 e. The molecule has 0 radical (unpaired) electrons. The van der Waals surface area contributed by atoms with E-state index in [4.69, 9.17) is 11.5 Å². The Labute approximate surface area is 108 Å². The van der Waals surface area contributed by atoms with Gasteiger partial charge in [0.05, 0.1) is 5.54 Å². The van der Waals surface area contributed by atoms with Crippen molar-refractivity contribution in [3.8, 4) is 0 Å². The first kappa shape index (κ1) is 13.3. The van der Waals surface area contributed by atoms with Crippen molar-refractivity contribution in [2.75, 3.05) is 0 Å². The maximum atomic E-state index is 12.1. The Balaban J connectivity index is 1.81. The molecule has 0 aromatic heterocycles. The summed E-state index contributed by atoms with van der Waals surface area (Å²) in [5, 5.41) is 3.04. The van der Waals surface area contributed by atoms with Crippen LogP contribution >= 0.6 is 0 Å². The number of hydrogen-bond donors (Lipinski definition) is 3. The molecule has 0 aromatic rings. The first-order valence-electron chi connectivity index (χ1n) is 6.90. The van der Waals surface area contributed by atoms with E-state index in [0.29, 0.717) is 0 Å². The summed E-state index contributed by atoms with van der Waals surface area (Å²) in [5.41, 5.74) is 10.7. The van der Waals surface area contributed by atoms with Crippen LogP contribution in [0.5, 0.6) is 0 Å². The van der Waals surface area contributed by atoms with E-state index in [0.717, 1.165) is 51.4 Å². The molecule has 2 aliphatic carbocycles. The van der Waals surface area contributed by atoms with Gasteiger partial charge in [-0.3, -0.25) is 9.59 Å². The highest BCUT2D eigenvalue weighted by atomic mass is 16.2. The van der Waals surface area contributed by atoms with E-state index in [9.17, 15) is 9.59 Å². The summed E-state index contributed by atoms with van der Waals surface area (Å²) in [7, 11) is 0. The highest BCUT2D eigenvalue weighted by Crippen LogP contribution is 2.29. The Bertz CT molecular complexity index is 329. The minimum absolute atomic E-state index is 0.0116. The Morgan fingerprint density at radius 3 is 2.11 bits per heavy atom. The van der Waals surface area contributed by atoms with Gasteiger partial charge in [-0.1, -0.05) is 12.8 Å². The van der Waals surface area contributed by atoms with Crippen LogP contribution in [0.15, 0.2) is 0 Å². The molecule has 2 saturated carbocycles. The molecule has 5 N–H and O–H groups in total. The molecule has 2 amide bonds. The Morgan fingerprint density at radius 2 is 1.61 bits per heavy atom. The number of nitrogens with two attached hydrogens (primary N) is 2. The lowest BCUT2D eigenvalue weighted by Gasteiger charge is -2.31. The van der Waals surface area contributed by atoms with E-state index in [1.165, 1.54) is 0 Å². The summed E-state index contributed by atoms with van der Waals surface area (Å²) in [4.78, 5) is 23.2. The van der Waals surface area contributed by atoms with Crippen LogP contribution in [0.1, 0.15) is 51.4 Å². The normalized spacial score (nSPS) is 30.9. The van der Waals surface area contributed by atoms with Gasteiger partial charge < -0.3 is 16.8 Å². The third-order valence-electron chi connectivity index (χ3n) is 4.41. The zero-order valence-electron chi connectivity index (χ0n) is 10.8. The fourth-order valence-electron chi connectivity index (χ4n) is 3.08. The predicted molar refractivity (Wildman–Crippen MR) is 68.5 cm³/mol. The van der Waals surface area contributed by atoms with Gasteiger partial charge in [0.2, 0.25) is 11.8 Å². The second-order valence-electron chi connectivity index (χ2n) is 5.79. The van der Waals surface area contributed by atoms with Gasteiger partial charge in [0.15, 0.2) is 0 Å². The molecule has 102 valence electrons. The minimum atomic E-state index is -0.652. The van der Waals surface area contributed by atoms with E-state index >= 15 is 0 Å². The maximum absolute atomic E-state index is 12.1. The van der Waals surface area contributed by atoms with Crippen LogP contribution in [0.2, 0.25) is 0 Å². The number of carbonyl (C=O) groups excluding carboxylic acids is 2. The highest BCUT2D eigenvalue weighted by Gasteiger charge is 2.38. The largest absolute Gasteiger partial charge is 0.369 e. The number of hydrogen-bond acceptors (Lipinski definition) is 3. The van der Waals surface area contributed by atoms with Crippen LogP contribution in [-0.2, 0) is 9.59 Å². The second kappa shape index (κ2) is 5.26. The molecule has 0 aliphatic heterocycles. The van der Waals surface area contributed by atoms with Crippen molar-refractivity contribution in [2.24, 2.45) is 17.4 Å². The van der Waals surface area contributed by atoms with Crippen LogP contribution in [0.4, 0.5) is 0 Å². The van der Waals surface area contributed by atoms with Gasteiger partial charge in [-0.05, 0) is 38.5 Å². The first-order valence-corrected chi connectivity index (χ1v) is 6.90. The molecule has 0 heterocycles. The van der Waals surface area contributed by atoms with E-state index in [2.05, 4.69) is 5.32 Å². The third kappa shape index (κ3) is 2.83. The zero-order chi connectivity index (χ0) is 13.2. The standard InChI is InChI=1S/C13H23N3O2/c14-11(17)9-3-5-10(6-4-9)16-12(18)13(15)7-1-2-8-13/h9-10H,1-8,15H2,(H2,14,17)(H,16,18). The molecule has 0 atom stereocenters. The molecular weight excluding hydrogens is 230 g/mol. The smallest absolute Gasteiger partial charge is 0.240 e. The molecule has 0 bridgehead atoms. The monoisotopic (exact) mass is 253 g/mol. The van der Waals surface area contributed by atoms with Crippen molar-refractivity contribution in [3.05, 3.63) is 0 Å². The number of carbonyl (C=O) groups is 2. The Morgan fingerprint density at radius 1 is 1.06 bits per heavy atom. The lowest BCUT2D eigenvalue weighted by molar-refractivity contribution is -0.127. The Hall–Kier alpha value is -1.10. The van der Waals surface area contributed by atoms with Gasteiger partial charge in [-0.2, -0.15) is 0 Å². The van der Waals surface area contributed by atoms with E-state index in [1.807, 2.05) is 0 Å². The van der Waals surface area contributed by atoms with Gasteiger partial charge in [0.1, 0.15) is 0 Å². The number of rotatable bonds is 3. The van der Waals surface area contributed by atoms with Crippen LogP contribution in [0.3, 0.4) is 0 Å². The van der Waals surface area contributed by atoms with Gasteiger partial charge >= 0.3 is 0 Å². The molecule has 0 unspecified atom stereocenters. The SMILES string of the molecule is NC(=O)C1CCC(NC(=O)C2(N)CCCC2)CC1. The van der Waals surface area contributed by atoms with Gasteiger partial charge in [0, 0.05) is 12.0 Å². The molecule has 0 saturated heterocycles. The molecule has 5 nitrogen and oxygen atoms in total. The predicted octanol–water partition coefficient (Wildman–Crippen LogP) is 0.418. The summed E-state index contributed by atoms with van der Waals surface area (Å²) in [6, 6.07) is 0.161. The van der Waals surface area contributed by atoms with E-state index in [-0.39, 0.29) is 23.8 Å². The molecule has 2 aliphatic rings. The van der Waals surface area contributed by atoms with Crippen LogP contribution in [0, 0.1) is 5.92 Å². The van der Waals surface area contributed by atoms with Crippen molar-refractivity contribution < 1.29 is 9.59 Å². The molecule has 2 rings (SSSR count). The van der Waals surface area contributed by atoms with Crippen molar-refractivity contribution in [2.45, 2.75) is 62.9 Å². The number of amides is 2. The number of primary amides is 1. The summed E-state index contributed by atoms with van der Waals surface area (Å²) in [6.45, 7) is 0. The average molecular weight is 253 g/mol. The number of nitrogens with one attached hydrogen (secondary N) is 1. The maximum Gasteiger partial charge on any atom is 0.240 e. The lowest BCUT2D eigenvalue weighted by Crippen LogP contribution is -2.55. The average Bonchev–Trinajstić information content (AvgIpc) is 2.78. The van der Waals surface area contributed by atoms with Crippen molar-refractivity contribution >= 4 is 11.8 Å². The van der Waals surface area contributed by atoms with E-state index < -0.39 is 5.54 Å². The van der Waals surface area contributed by atoms with Gasteiger partial charge in [-0.15, -0.1) is 0 Å². The second-order valence-corrected chi connectivity index (χ2v) is 5.79. The first-order chi connectivity index (χ1) is 8.51. The molecule has 18 heavy (non-hydrogen) atoms. The Kier molecular flexibility index (Phi) is 3.90. The molecule has 5 heteroatoms. The van der Waals surface area contributed by atoms with Crippen molar-refractivity contribution in [3.63, 3.8) is 0 Å². The van der Waals surface area contributed by atoms with Crippen LogP contribution in [0.25, 0.3) is 0 Å². The van der Waals surface area contributed by atoms with Crippen molar-refractivity contribution in [1.29, 1.82) is 0 Å². The molecule has 2 fully saturated rings. The van der Waals surface area contributed by atoms with Gasteiger partial charge in [-0.25, -0.2) is 0 Å². The van der Waals surface area contributed by atoms with Crippen LogP contribution in [-0.4, -0.2) is 23.4 Å². The summed E-state index contributed by atoms with van der Waals surface area (Å²) < 4.78 is 0. The van der Waals surface area contributed by atoms with E-state index in [1.54, 1.807) is 0 Å². The summed E-state index contributed by atoms with van der Waals surface area (Å²) in [6.07, 6.45) is 6.86. The molecule has 0 spiro atoms. The molecular formula is C13H23N3O2.